The van der Waals surface area contributed by atoms with E-state index in [2.05, 4.69) is 16.3 Å². The first-order valence-corrected chi connectivity index (χ1v) is 12.3. The molecule has 5 rings (SSSR count). The summed E-state index contributed by atoms with van der Waals surface area (Å²) in [5.74, 6) is -0.909. The molecule has 3 aromatic rings. The molecule has 1 N–H and O–H groups in total. The highest BCUT2D eigenvalue weighted by Crippen LogP contribution is 2.54. The Morgan fingerprint density at radius 1 is 0.914 bits per heavy atom. The van der Waals surface area contributed by atoms with E-state index in [-0.39, 0.29) is 5.56 Å². The molecule has 1 spiro atoms. The number of likely N-dealkylation sites (tertiary alicyclic amines) is 1. The van der Waals surface area contributed by atoms with Crippen LogP contribution in [0.1, 0.15) is 37.3 Å². The lowest BCUT2D eigenvalue weighted by molar-refractivity contribution is 0.0173. The minimum atomic E-state index is -2.89. The highest BCUT2D eigenvalue weighted by molar-refractivity contribution is 5.37. The van der Waals surface area contributed by atoms with Gasteiger partial charge in [-0.05, 0) is 66.6 Å². The maximum atomic E-state index is 13.6. The zero-order valence-electron chi connectivity index (χ0n) is 20.1. The van der Waals surface area contributed by atoms with Crippen LogP contribution in [0.5, 0.6) is 17.2 Å². The molecule has 1 atom stereocenters. The second kappa shape index (κ2) is 9.96. The maximum absolute atomic E-state index is 13.6. The van der Waals surface area contributed by atoms with Crippen LogP contribution in [0.25, 0.3) is 0 Å². The summed E-state index contributed by atoms with van der Waals surface area (Å²) in [4.78, 5) is 2.39. The molecular formula is C29H32F2N2O2. The SMILES string of the molecule is CC(F)(F)c1cccc(Oc2cccc(CNC3CC34CCN(COc3ccccc3)CC4)c2)c1. The molecule has 0 amide bonds. The Kier molecular flexibility index (Phi) is 6.76. The third-order valence-corrected chi connectivity index (χ3v) is 7.23. The number of rotatable bonds is 9. The van der Waals surface area contributed by atoms with E-state index in [1.165, 1.54) is 31.4 Å². The molecule has 3 aromatic carbocycles. The van der Waals surface area contributed by atoms with Gasteiger partial charge in [-0.3, -0.25) is 4.90 Å². The molecule has 0 bridgehead atoms. The molecule has 2 fully saturated rings. The largest absolute Gasteiger partial charge is 0.478 e. The smallest absolute Gasteiger partial charge is 0.270 e. The van der Waals surface area contributed by atoms with E-state index in [1.807, 2.05) is 48.5 Å². The highest BCUT2D eigenvalue weighted by Gasteiger charge is 2.54. The normalized spacial score (nSPS) is 19.5. The summed E-state index contributed by atoms with van der Waals surface area (Å²) >= 11 is 0. The van der Waals surface area contributed by atoms with Crippen molar-refractivity contribution in [1.82, 2.24) is 10.2 Å². The number of para-hydroxylation sites is 1. The molecule has 0 radical (unpaired) electrons. The van der Waals surface area contributed by atoms with Crippen LogP contribution in [0, 0.1) is 5.41 Å². The Morgan fingerprint density at radius 3 is 2.34 bits per heavy atom. The van der Waals surface area contributed by atoms with Gasteiger partial charge in [0.1, 0.15) is 24.0 Å². The summed E-state index contributed by atoms with van der Waals surface area (Å²) in [6.45, 7) is 4.42. The van der Waals surface area contributed by atoms with Crippen LogP contribution < -0.4 is 14.8 Å². The lowest BCUT2D eigenvalue weighted by Crippen LogP contribution is -2.39. The van der Waals surface area contributed by atoms with Gasteiger partial charge in [-0.15, -0.1) is 0 Å². The van der Waals surface area contributed by atoms with Crippen LogP contribution >= 0.6 is 0 Å². The van der Waals surface area contributed by atoms with Gasteiger partial charge >= 0.3 is 0 Å². The molecule has 0 aromatic heterocycles. The topological polar surface area (TPSA) is 33.7 Å². The average molecular weight is 479 g/mol. The molecule has 1 unspecified atom stereocenters. The van der Waals surface area contributed by atoms with Crippen molar-refractivity contribution in [2.75, 3.05) is 19.8 Å². The van der Waals surface area contributed by atoms with Gasteiger partial charge in [0.05, 0.1) is 0 Å². The third kappa shape index (κ3) is 6.00. The van der Waals surface area contributed by atoms with Crippen LogP contribution in [0.15, 0.2) is 78.9 Å². The van der Waals surface area contributed by atoms with E-state index >= 15 is 0 Å². The van der Waals surface area contributed by atoms with E-state index in [0.717, 1.165) is 37.9 Å². The highest BCUT2D eigenvalue weighted by atomic mass is 19.3. The predicted molar refractivity (Wildman–Crippen MR) is 133 cm³/mol. The number of ether oxygens (including phenoxy) is 2. The maximum Gasteiger partial charge on any atom is 0.270 e. The van der Waals surface area contributed by atoms with Crippen molar-refractivity contribution >= 4 is 0 Å². The zero-order valence-corrected chi connectivity index (χ0v) is 20.1. The fourth-order valence-electron chi connectivity index (χ4n) is 4.93. The van der Waals surface area contributed by atoms with Crippen molar-refractivity contribution in [3.05, 3.63) is 90.0 Å². The minimum Gasteiger partial charge on any atom is -0.478 e. The van der Waals surface area contributed by atoms with Gasteiger partial charge in [0.25, 0.3) is 5.92 Å². The summed E-state index contributed by atoms with van der Waals surface area (Å²) < 4.78 is 39.0. The van der Waals surface area contributed by atoms with Gasteiger partial charge in [-0.2, -0.15) is 0 Å². The number of halogens is 2. The first kappa shape index (κ1) is 23.8. The average Bonchev–Trinajstić information content (AvgIpc) is 3.54. The van der Waals surface area contributed by atoms with Crippen molar-refractivity contribution in [3.8, 4) is 17.2 Å². The second-order valence-corrected chi connectivity index (χ2v) is 9.87. The summed E-state index contributed by atoms with van der Waals surface area (Å²) in [6.07, 6.45) is 3.59. The van der Waals surface area contributed by atoms with E-state index in [0.29, 0.717) is 29.7 Å². The summed E-state index contributed by atoms with van der Waals surface area (Å²) in [7, 11) is 0. The summed E-state index contributed by atoms with van der Waals surface area (Å²) in [6, 6.07) is 24.5. The Hall–Kier alpha value is -2.96. The van der Waals surface area contributed by atoms with Crippen molar-refractivity contribution < 1.29 is 18.3 Å². The van der Waals surface area contributed by atoms with Crippen molar-refractivity contribution in [1.29, 1.82) is 0 Å². The lowest BCUT2D eigenvalue weighted by Gasteiger charge is -2.32. The first-order chi connectivity index (χ1) is 16.9. The first-order valence-electron chi connectivity index (χ1n) is 12.3. The molecule has 1 heterocycles. The minimum absolute atomic E-state index is 0.0514. The van der Waals surface area contributed by atoms with E-state index in [9.17, 15) is 8.78 Å². The van der Waals surface area contributed by atoms with Crippen molar-refractivity contribution in [2.45, 2.75) is 44.7 Å². The molecule has 1 saturated heterocycles. The van der Waals surface area contributed by atoms with Crippen LogP contribution in [0.3, 0.4) is 0 Å². The molecule has 1 aliphatic heterocycles. The molecule has 4 nitrogen and oxygen atoms in total. The second-order valence-electron chi connectivity index (χ2n) is 9.87. The van der Waals surface area contributed by atoms with Crippen LogP contribution in [-0.4, -0.2) is 30.8 Å². The number of hydrogen-bond donors (Lipinski definition) is 1. The van der Waals surface area contributed by atoms with Gasteiger partial charge in [-0.1, -0.05) is 42.5 Å². The third-order valence-electron chi connectivity index (χ3n) is 7.23. The number of benzene rings is 3. The molecule has 6 heteroatoms. The Labute approximate surface area is 205 Å². The van der Waals surface area contributed by atoms with Gasteiger partial charge in [0, 0.05) is 38.2 Å². The molecule has 1 saturated carbocycles. The fourth-order valence-corrected chi connectivity index (χ4v) is 4.93. The number of piperidine rings is 1. The van der Waals surface area contributed by atoms with Crippen molar-refractivity contribution in [2.24, 2.45) is 5.41 Å². The quantitative estimate of drug-likeness (QED) is 0.377. The van der Waals surface area contributed by atoms with E-state index in [1.54, 1.807) is 12.1 Å². The Morgan fingerprint density at radius 2 is 1.60 bits per heavy atom. The van der Waals surface area contributed by atoms with Crippen molar-refractivity contribution in [3.63, 3.8) is 0 Å². The molecule has 2 aliphatic rings. The molecular weight excluding hydrogens is 446 g/mol. The molecule has 35 heavy (non-hydrogen) atoms. The monoisotopic (exact) mass is 478 g/mol. The van der Waals surface area contributed by atoms with Crippen LogP contribution in [0.2, 0.25) is 0 Å². The number of nitrogens with one attached hydrogen (secondary N) is 1. The van der Waals surface area contributed by atoms with Crippen LogP contribution in [0.4, 0.5) is 8.78 Å². The van der Waals surface area contributed by atoms with Gasteiger partial charge < -0.3 is 14.8 Å². The standard InChI is InChI=1S/C29H32F2N2O2/c1-28(30,31)23-8-6-12-26(18-23)35-25-11-5-7-22(17-25)20-32-27-19-29(27)13-15-33(16-14-29)21-34-24-9-3-2-4-10-24/h2-12,17-18,27,32H,13-16,19-21H2,1H3. The molecule has 1 aliphatic carbocycles. The lowest BCUT2D eigenvalue weighted by atomic mass is 9.93. The Balaban J connectivity index is 1.09. The van der Waals surface area contributed by atoms with E-state index < -0.39 is 5.92 Å². The number of alkyl halides is 2. The van der Waals surface area contributed by atoms with Gasteiger partial charge in [0.2, 0.25) is 0 Å². The Bertz CT molecular complexity index is 1120. The number of hydrogen-bond acceptors (Lipinski definition) is 4. The summed E-state index contributed by atoms with van der Waals surface area (Å²) in [5, 5.41) is 3.72. The predicted octanol–water partition coefficient (Wildman–Crippen LogP) is 6.57. The zero-order chi connectivity index (χ0) is 24.3. The van der Waals surface area contributed by atoms with Crippen LogP contribution in [-0.2, 0) is 12.5 Å². The summed E-state index contributed by atoms with van der Waals surface area (Å²) in [5.41, 5.74) is 1.48. The van der Waals surface area contributed by atoms with E-state index in [4.69, 9.17) is 9.47 Å². The number of nitrogens with zero attached hydrogens (tertiary/aromatic N) is 1. The molecule has 184 valence electrons. The fraction of sp³-hybridized carbons (Fsp3) is 0.379. The van der Waals surface area contributed by atoms with Gasteiger partial charge in [0.15, 0.2) is 0 Å². The van der Waals surface area contributed by atoms with Gasteiger partial charge in [-0.25, -0.2) is 8.78 Å².